The quantitative estimate of drug-likeness (QED) is 0.450. The number of carbonyl (C=O) groups excluding carboxylic acids is 1. The molecule has 3 heterocycles. The van der Waals surface area contributed by atoms with Crippen molar-refractivity contribution >= 4 is 32.6 Å². The van der Waals surface area contributed by atoms with E-state index in [2.05, 4.69) is 20.4 Å². The minimum Gasteiger partial charge on any atom is -0.439 e. The number of carbonyl (C=O) groups is 1. The maximum atomic E-state index is 12.9. The summed E-state index contributed by atoms with van der Waals surface area (Å²) in [6, 6.07) is 7.85. The van der Waals surface area contributed by atoms with E-state index in [4.69, 9.17) is 4.74 Å². The smallest absolute Gasteiger partial charge is 0.433 e. The fraction of sp³-hybridized carbons (Fsp3) is 0.200. The predicted octanol–water partition coefficient (Wildman–Crippen LogP) is 3.60. The van der Waals surface area contributed by atoms with Crippen LogP contribution in [0, 0.1) is 0 Å². The van der Waals surface area contributed by atoms with Crippen LogP contribution in [0.5, 0.6) is 11.6 Å². The van der Waals surface area contributed by atoms with E-state index in [1.165, 1.54) is 23.2 Å². The number of nitrogens with one attached hydrogen (secondary N) is 1. The summed E-state index contributed by atoms with van der Waals surface area (Å²) in [5.41, 5.74) is -0.247. The average Bonchev–Trinajstić information content (AvgIpc) is 3.29. The number of ether oxygens (including phenoxy) is 1. The van der Waals surface area contributed by atoms with E-state index in [1.54, 1.807) is 24.3 Å². The number of benzene rings is 1. The van der Waals surface area contributed by atoms with Crippen molar-refractivity contribution in [3.05, 3.63) is 60.3 Å². The Labute approximate surface area is 190 Å². The van der Waals surface area contributed by atoms with Gasteiger partial charge in [0.15, 0.2) is 15.7 Å². The number of nitrogens with zero attached hydrogens (tertiary/aromatic N) is 5. The summed E-state index contributed by atoms with van der Waals surface area (Å²) in [5, 5.41) is 6.63. The summed E-state index contributed by atoms with van der Waals surface area (Å²) >= 11 is 0. The number of aromatic nitrogens is 5. The summed E-state index contributed by atoms with van der Waals surface area (Å²) < 4.78 is 69.3. The molecule has 0 saturated heterocycles. The van der Waals surface area contributed by atoms with Crippen molar-refractivity contribution in [3.8, 4) is 11.6 Å². The molecule has 14 heteroatoms. The predicted molar refractivity (Wildman–Crippen MR) is 115 cm³/mol. The van der Waals surface area contributed by atoms with Crippen molar-refractivity contribution in [1.82, 2.24) is 24.3 Å². The number of alkyl halides is 3. The fourth-order valence-electron chi connectivity index (χ4n) is 3.23. The van der Waals surface area contributed by atoms with Crippen molar-refractivity contribution < 1.29 is 31.1 Å². The van der Waals surface area contributed by atoms with Crippen LogP contribution in [0.4, 0.5) is 23.8 Å². The highest BCUT2D eigenvalue weighted by Crippen LogP contribution is 2.31. The number of fused-ring (bicyclic) bond motifs is 1. The Bertz CT molecular complexity index is 1490. The van der Waals surface area contributed by atoms with E-state index < -0.39 is 27.7 Å². The number of halogens is 3. The van der Waals surface area contributed by atoms with Crippen LogP contribution in [0.25, 0.3) is 10.9 Å². The zero-order chi connectivity index (χ0) is 24.7. The van der Waals surface area contributed by atoms with E-state index in [9.17, 15) is 26.4 Å². The van der Waals surface area contributed by atoms with Gasteiger partial charge in [0.25, 0.3) is 0 Å². The normalized spacial score (nSPS) is 12.1. The van der Waals surface area contributed by atoms with Gasteiger partial charge in [0.05, 0.1) is 17.0 Å². The van der Waals surface area contributed by atoms with Gasteiger partial charge < -0.3 is 4.74 Å². The molecule has 0 aliphatic heterocycles. The molecule has 4 rings (SSSR count). The second kappa shape index (κ2) is 8.44. The van der Waals surface area contributed by atoms with Gasteiger partial charge in [-0.15, -0.1) is 0 Å². The molecule has 1 N–H and O–H groups in total. The summed E-state index contributed by atoms with van der Waals surface area (Å²) in [5.74, 6) is 0.00848. The number of rotatable bonds is 5. The number of hydrogen-bond acceptors (Lipinski definition) is 7. The third kappa shape index (κ3) is 5.17. The molecule has 1 amide bonds. The molecule has 0 radical (unpaired) electrons. The number of aryl methyl sites for hydroxylation is 1. The molecule has 0 spiro atoms. The molecule has 4 aromatic rings. The second-order valence-electron chi connectivity index (χ2n) is 7.39. The first-order valence-corrected chi connectivity index (χ1v) is 11.7. The van der Waals surface area contributed by atoms with E-state index in [0.29, 0.717) is 21.3 Å². The second-order valence-corrected chi connectivity index (χ2v) is 9.53. The van der Waals surface area contributed by atoms with E-state index in [0.717, 1.165) is 19.4 Å². The summed E-state index contributed by atoms with van der Waals surface area (Å²) in [4.78, 5) is 20.5. The van der Waals surface area contributed by atoms with Crippen LogP contribution >= 0.6 is 0 Å². The Morgan fingerprint density at radius 2 is 1.91 bits per heavy atom. The molecule has 0 unspecified atom stereocenters. The highest BCUT2D eigenvalue weighted by atomic mass is 32.2. The largest absolute Gasteiger partial charge is 0.439 e. The molecular formula is C20H17F3N6O4S. The number of anilines is 1. The Morgan fingerprint density at radius 1 is 1.15 bits per heavy atom. The van der Waals surface area contributed by atoms with Crippen LogP contribution in [0.1, 0.15) is 11.4 Å². The van der Waals surface area contributed by atoms with Crippen LogP contribution in [0.15, 0.2) is 48.9 Å². The molecule has 10 nitrogen and oxygen atoms in total. The Balaban J connectivity index is 1.52. The van der Waals surface area contributed by atoms with Gasteiger partial charge >= 0.3 is 12.2 Å². The van der Waals surface area contributed by atoms with E-state index >= 15 is 0 Å². The van der Waals surface area contributed by atoms with Gasteiger partial charge in [-0.1, -0.05) is 0 Å². The third-order valence-electron chi connectivity index (χ3n) is 4.62. The van der Waals surface area contributed by atoms with Gasteiger partial charge in [-0.25, -0.2) is 23.2 Å². The van der Waals surface area contributed by atoms with Gasteiger partial charge in [-0.3, -0.25) is 14.6 Å². The van der Waals surface area contributed by atoms with Crippen LogP contribution in [0.3, 0.4) is 0 Å². The van der Waals surface area contributed by atoms with Crippen molar-refractivity contribution in [3.63, 3.8) is 0 Å². The molecule has 0 aliphatic carbocycles. The highest BCUT2D eigenvalue weighted by Gasteiger charge is 2.35. The molecule has 0 fully saturated rings. The molecule has 0 aliphatic rings. The Morgan fingerprint density at radius 3 is 2.59 bits per heavy atom. The van der Waals surface area contributed by atoms with Crippen molar-refractivity contribution in [2.75, 3.05) is 11.6 Å². The average molecular weight is 494 g/mol. The molecular weight excluding hydrogens is 477 g/mol. The number of hydrogen-bond donors (Lipinski definition) is 1. The van der Waals surface area contributed by atoms with Gasteiger partial charge in [0.1, 0.15) is 17.8 Å². The Hall–Kier alpha value is -3.94. The van der Waals surface area contributed by atoms with Crippen molar-refractivity contribution in [2.45, 2.75) is 11.9 Å². The Kier molecular flexibility index (Phi) is 5.77. The number of sulfone groups is 1. The molecule has 1 aromatic carbocycles. The molecule has 3 aromatic heterocycles. The summed E-state index contributed by atoms with van der Waals surface area (Å²) in [7, 11) is -2.15. The molecule has 0 saturated carbocycles. The van der Waals surface area contributed by atoms with Gasteiger partial charge in [0.2, 0.25) is 5.88 Å². The highest BCUT2D eigenvalue weighted by molar-refractivity contribution is 7.89. The zero-order valence-electron chi connectivity index (χ0n) is 17.7. The van der Waals surface area contributed by atoms with Crippen molar-refractivity contribution in [2.24, 2.45) is 7.05 Å². The standard InChI is InChI=1S/C20H17F3N6O4S/c1-28-16(20(21,22)23)9-17(27-28)26-19(30)29-6-5-12-7-14(3-4-15(12)29)33-18-8-13(24-11-25-18)10-34(2,31)32/h3-9,11H,10H2,1-2H3,(H,26,27,30). The van der Waals surface area contributed by atoms with Gasteiger partial charge in [-0.2, -0.15) is 18.3 Å². The molecule has 0 atom stereocenters. The monoisotopic (exact) mass is 494 g/mol. The van der Waals surface area contributed by atoms with Crippen LogP contribution < -0.4 is 10.1 Å². The zero-order valence-corrected chi connectivity index (χ0v) is 18.6. The lowest BCUT2D eigenvalue weighted by atomic mass is 10.2. The maximum absolute atomic E-state index is 12.9. The molecule has 178 valence electrons. The minimum atomic E-state index is -4.60. The molecule has 34 heavy (non-hydrogen) atoms. The maximum Gasteiger partial charge on any atom is 0.433 e. The van der Waals surface area contributed by atoms with Crippen molar-refractivity contribution in [1.29, 1.82) is 0 Å². The summed E-state index contributed by atoms with van der Waals surface area (Å²) in [6.07, 6.45) is -0.868. The number of amides is 1. The van der Waals surface area contributed by atoms with Gasteiger partial charge in [-0.05, 0) is 24.3 Å². The lowest BCUT2D eigenvalue weighted by molar-refractivity contribution is -0.143. The third-order valence-corrected chi connectivity index (χ3v) is 5.44. The topological polar surface area (TPSA) is 121 Å². The first-order valence-electron chi connectivity index (χ1n) is 9.59. The van der Waals surface area contributed by atoms with Crippen LogP contribution in [-0.2, 0) is 28.8 Å². The SMILES string of the molecule is Cn1nc(NC(=O)n2ccc3cc(Oc4cc(CS(C)(=O)=O)ncn4)ccc32)cc1C(F)(F)F. The summed E-state index contributed by atoms with van der Waals surface area (Å²) in [6.45, 7) is 0. The molecule has 0 bridgehead atoms. The van der Waals surface area contributed by atoms with Gasteiger partial charge in [0, 0.05) is 37.0 Å². The first kappa shape index (κ1) is 23.2. The lowest BCUT2D eigenvalue weighted by Gasteiger charge is -2.07. The van der Waals surface area contributed by atoms with Crippen LogP contribution in [0.2, 0.25) is 0 Å². The fourth-order valence-corrected chi connectivity index (χ4v) is 3.92. The van der Waals surface area contributed by atoms with E-state index in [-0.39, 0.29) is 23.1 Å². The minimum absolute atomic E-state index is 0.140. The van der Waals surface area contributed by atoms with E-state index in [1.807, 2.05) is 0 Å². The lowest BCUT2D eigenvalue weighted by Crippen LogP contribution is -2.18. The van der Waals surface area contributed by atoms with Crippen LogP contribution in [-0.4, -0.2) is 45.0 Å². The first-order chi connectivity index (χ1) is 15.9.